The zero-order chi connectivity index (χ0) is 17.5. The summed E-state index contributed by atoms with van der Waals surface area (Å²) in [4.78, 5) is 20.4. The van der Waals surface area contributed by atoms with E-state index >= 15 is 0 Å². The van der Waals surface area contributed by atoms with Crippen molar-refractivity contribution < 1.29 is 9.18 Å². The number of hydrogen-bond acceptors (Lipinski definition) is 3. The summed E-state index contributed by atoms with van der Waals surface area (Å²) in [7, 11) is 0. The van der Waals surface area contributed by atoms with Gasteiger partial charge < -0.3 is 10.2 Å². The molecule has 0 aliphatic carbocycles. The van der Waals surface area contributed by atoms with Crippen LogP contribution in [-0.4, -0.2) is 47.0 Å². The number of aromatic nitrogens is 1. The van der Waals surface area contributed by atoms with Gasteiger partial charge in [-0.25, -0.2) is 9.18 Å². The monoisotopic (exact) mass is 342 g/mol. The maximum Gasteiger partial charge on any atom is 0.317 e. The van der Waals surface area contributed by atoms with Crippen molar-refractivity contribution in [1.29, 1.82) is 0 Å². The molecule has 1 N–H and O–H groups in total. The molecule has 1 aromatic carbocycles. The third-order valence-corrected chi connectivity index (χ3v) is 4.39. The van der Waals surface area contributed by atoms with Gasteiger partial charge in [0.15, 0.2) is 0 Å². The lowest BCUT2D eigenvalue weighted by Crippen LogP contribution is -2.41. The van der Waals surface area contributed by atoms with Gasteiger partial charge >= 0.3 is 6.03 Å². The Morgan fingerprint density at radius 2 is 2.00 bits per heavy atom. The summed E-state index contributed by atoms with van der Waals surface area (Å²) in [6.45, 7) is 4.02. The molecular formula is C19H23FN4O. The van der Waals surface area contributed by atoms with E-state index in [4.69, 9.17) is 0 Å². The summed E-state index contributed by atoms with van der Waals surface area (Å²) in [5, 5.41) is 2.94. The number of halogens is 1. The van der Waals surface area contributed by atoms with Gasteiger partial charge in [0.05, 0.1) is 0 Å². The average molecular weight is 342 g/mol. The summed E-state index contributed by atoms with van der Waals surface area (Å²) in [6, 6.07) is 10.6. The van der Waals surface area contributed by atoms with E-state index < -0.39 is 0 Å². The first kappa shape index (κ1) is 17.4. The fraction of sp³-hybridized carbons (Fsp3) is 0.368. The Hall–Kier alpha value is -2.47. The second-order valence-electron chi connectivity index (χ2n) is 6.23. The molecule has 3 rings (SSSR count). The van der Waals surface area contributed by atoms with Crippen molar-refractivity contribution in [3.05, 3.63) is 65.7 Å². The molecule has 2 heterocycles. The molecule has 1 aromatic heterocycles. The van der Waals surface area contributed by atoms with E-state index in [9.17, 15) is 9.18 Å². The molecule has 132 valence electrons. The predicted octanol–water partition coefficient (Wildman–Crippen LogP) is 2.64. The largest absolute Gasteiger partial charge is 0.334 e. The van der Waals surface area contributed by atoms with Gasteiger partial charge in [0.2, 0.25) is 0 Å². The van der Waals surface area contributed by atoms with Gasteiger partial charge in [-0.05, 0) is 24.1 Å². The Morgan fingerprint density at radius 3 is 2.80 bits per heavy atom. The Balaban J connectivity index is 1.49. The smallest absolute Gasteiger partial charge is 0.317 e. The third kappa shape index (κ3) is 5.00. The summed E-state index contributed by atoms with van der Waals surface area (Å²) in [5.41, 5.74) is 1.68. The number of benzene rings is 1. The van der Waals surface area contributed by atoms with Crippen LogP contribution in [0.2, 0.25) is 0 Å². The van der Waals surface area contributed by atoms with Crippen LogP contribution in [0.1, 0.15) is 17.5 Å². The number of pyridine rings is 1. The van der Waals surface area contributed by atoms with Crippen LogP contribution in [0, 0.1) is 5.82 Å². The van der Waals surface area contributed by atoms with E-state index in [-0.39, 0.29) is 11.8 Å². The molecule has 0 saturated carbocycles. The fourth-order valence-electron chi connectivity index (χ4n) is 2.99. The first-order valence-electron chi connectivity index (χ1n) is 8.60. The SMILES string of the molecule is O=C(NCc1cccnc1)N1CCCN(Cc2ccccc2F)CC1. The van der Waals surface area contributed by atoms with Crippen molar-refractivity contribution in [2.75, 3.05) is 26.2 Å². The van der Waals surface area contributed by atoms with E-state index in [0.29, 0.717) is 31.7 Å². The lowest BCUT2D eigenvalue weighted by Gasteiger charge is -2.22. The molecule has 6 heteroatoms. The zero-order valence-electron chi connectivity index (χ0n) is 14.2. The average Bonchev–Trinajstić information content (AvgIpc) is 2.88. The van der Waals surface area contributed by atoms with Crippen LogP contribution in [0.25, 0.3) is 0 Å². The van der Waals surface area contributed by atoms with Gasteiger partial charge in [0, 0.05) is 57.2 Å². The Morgan fingerprint density at radius 1 is 1.12 bits per heavy atom. The van der Waals surface area contributed by atoms with Crippen LogP contribution < -0.4 is 5.32 Å². The summed E-state index contributed by atoms with van der Waals surface area (Å²) in [6.07, 6.45) is 4.35. The molecule has 5 nitrogen and oxygen atoms in total. The lowest BCUT2D eigenvalue weighted by atomic mass is 10.2. The molecule has 0 bridgehead atoms. The number of carbonyl (C=O) groups is 1. The van der Waals surface area contributed by atoms with E-state index in [2.05, 4.69) is 15.2 Å². The molecular weight excluding hydrogens is 319 g/mol. The zero-order valence-corrected chi connectivity index (χ0v) is 14.2. The second kappa shape index (κ2) is 8.58. The van der Waals surface area contributed by atoms with Gasteiger partial charge in [-0.1, -0.05) is 24.3 Å². The number of carbonyl (C=O) groups excluding carboxylic acids is 1. The molecule has 25 heavy (non-hydrogen) atoms. The van der Waals surface area contributed by atoms with Crippen molar-refractivity contribution in [2.45, 2.75) is 19.5 Å². The Labute approximate surface area is 147 Å². The van der Waals surface area contributed by atoms with Gasteiger partial charge in [0.1, 0.15) is 5.82 Å². The number of hydrogen-bond donors (Lipinski definition) is 1. The van der Waals surface area contributed by atoms with Crippen molar-refractivity contribution in [1.82, 2.24) is 20.1 Å². The van der Waals surface area contributed by atoms with Crippen LogP contribution in [-0.2, 0) is 13.1 Å². The van der Waals surface area contributed by atoms with E-state index in [1.807, 2.05) is 29.2 Å². The van der Waals surface area contributed by atoms with Gasteiger partial charge in [-0.3, -0.25) is 9.88 Å². The van der Waals surface area contributed by atoms with Crippen LogP contribution in [0.3, 0.4) is 0 Å². The van der Waals surface area contributed by atoms with E-state index in [1.54, 1.807) is 18.5 Å². The van der Waals surface area contributed by atoms with Gasteiger partial charge in [-0.2, -0.15) is 0 Å². The topological polar surface area (TPSA) is 48.5 Å². The molecule has 2 amide bonds. The minimum Gasteiger partial charge on any atom is -0.334 e. The molecule has 0 radical (unpaired) electrons. The van der Waals surface area contributed by atoms with Crippen LogP contribution in [0.5, 0.6) is 0 Å². The minimum atomic E-state index is -0.169. The number of nitrogens with one attached hydrogen (secondary N) is 1. The highest BCUT2D eigenvalue weighted by Gasteiger charge is 2.19. The molecule has 0 atom stereocenters. The lowest BCUT2D eigenvalue weighted by molar-refractivity contribution is 0.197. The maximum absolute atomic E-state index is 13.8. The van der Waals surface area contributed by atoms with Crippen molar-refractivity contribution in [2.24, 2.45) is 0 Å². The van der Waals surface area contributed by atoms with Crippen LogP contribution in [0.15, 0.2) is 48.8 Å². The van der Waals surface area contributed by atoms with Crippen LogP contribution in [0.4, 0.5) is 9.18 Å². The fourth-order valence-corrected chi connectivity index (χ4v) is 2.99. The summed E-state index contributed by atoms with van der Waals surface area (Å²) in [5.74, 6) is -0.169. The molecule has 1 fully saturated rings. The Kier molecular flexibility index (Phi) is 5.95. The van der Waals surface area contributed by atoms with Crippen molar-refractivity contribution >= 4 is 6.03 Å². The minimum absolute atomic E-state index is 0.0587. The van der Waals surface area contributed by atoms with Gasteiger partial charge in [-0.15, -0.1) is 0 Å². The number of urea groups is 1. The molecule has 2 aromatic rings. The highest BCUT2D eigenvalue weighted by Crippen LogP contribution is 2.12. The standard InChI is InChI=1S/C19H23FN4O/c20-18-7-2-1-6-17(18)15-23-9-4-10-24(12-11-23)19(25)22-14-16-5-3-8-21-13-16/h1-3,5-8,13H,4,9-12,14-15H2,(H,22,25). The van der Waals surface area contributed by atoms with Crippen molar-refractivity contribution in [3.8, 4) is 0 Å². The first-order chi connectivity index (χ1) is 12.2. The first-order valence-corrected chi connectivity index (χ1v) is 8.60. The quantitative estimate of drug-likeness (QED) is 0.929. The number of nitrogens with zero attached hydrogens (tertiary/aromatic N) is 3. The third-order valence-electron chi connectivity index (χ3n) is 4.39. The molecule has 1 aliphatic rings. The highest BCUT2D eigenvalue weighted by atomic mass is 19.1. The van der Waals surface area contributed by atoms with Crippen LogP contribution >= 0.6 is 0 Å². The second-order valence-corrected chi connectivity index (χ2v) is 6.23. The predicted molar refractivity (Wildman–Crippen MR) is 94.3 cm³/mol. The number of amides is 2. The summed E-state index contributed by atoms with van der Waals surface area (Å²) < 4.78 is 13.8. The number of rotatable bonds is 4. The molecule has 1 saturated heterocycles. The van der Waals surface area contributed by atoms with E-state index in [0.717, 1.165) is 25.1 Å². The van der Waals surface area contributed by atoms with E-state index in [1.165, 1.54) is 6.07 Å². The summed E-state index contributed by atoms with van der Waals surface area (Å²) >= 11 is 0. The normalized spacial score (nSPS) is 15.6. The Bertz CT molecular complexity index is 695. The molecule has 0 spiro atoms. The van der Waals surface area contributed by atoms with Gasteiger partial charge in [0.25, 0.3) is 0 Å². The molecule has 0 unspecified atom stereocenters. The van der Waals surface area contributed by atoms with Crippen molar-refractivity contribution in [3.63, 3.8) is 0 Å². The highest BCUT2D eigenvalue weighted by molar-refractivity contribution is 5.74. The molecule has 1 aliphatic heterocycles. The maximum atomic E-state index is 13.8.